The summed E-state index contributed by atoms with van der Waals surface area (Å²) in [5.41, 5.74) is 2.95. The van der Waals surface area contributed by atoms with E-state index in [0.29, 0.717) is 61.6 Å². The van der Waals surface area contributed by atoms with Crippen LogP contribution in [0.25, 0.3) is 0 Å². The van der Waals surface area contributed by atoms with E-state index >= 15 is 0 Å². The molecule has 3 aliphatic rings. The van der Waals surface area contributed by atoms with Gasteiger partial charge in [0.1, 0.15) is 0 Å². The number of allylic oxidation sites excluding steroid dienone is 2. The molecule has 1 N–H and O–H groups in total. The summed E-state index contributed by atoms with van der Waals surface area (Å²) in [5.74, 6) is -1.50. The minimum absolute atomic E-state index is 0.0650. The minimum atomic E-state index is -0.367. The van der Waals surface area contributed by atoms with Gasteiger partial charge in [0.05, 0.1) is 30.7 Å². The second kappa shape index (κ2) is 9.46. The Morgan fingerprint density at radius 2 is 1.66 bits per heavy atom. The first-order valence-corrected chi connectivity index (χ1v) is 11.8. The number of anilines is 2. The molecule has 5 rings (SSSR count). The van der Waals surface area contributed by atoms with E-state index in [-0.39, 0.29) is 35.5 Å². The molecule has 2 fully saturated rings. The summed E-state index contributed by atoms with van der Waals surface area (Å²) >= 11 is 0. The number of carbonyl (C=O) groups is 4. The first-order chi connectivity index (χ1) is 16.9. The number of hydrogen-bond donors (Lipinski definition) is 1. The van der Waals surface area contributed by atoms with Crippen molar-refractivity contribution in [3.8, 4) is 0 Å². The van der Waals surface area contributed by atoms with Crippen LogP contribution in [0.2, 0.25) is 0 Å². The van der Waals surface area contributed by atoms with Gasteiger partial charge in [0.25, 0.3) is 11.8 Å². The molecule has 8 heteroatoms. The summed E-state index contributed by atoms with van der Waals surface area (Å²) in [5, 5.41) is 2.82. The number of morpholine rings is 1. The Kier molecular flexibility index (Phi) is 6.21. The first kappa shape index (κ1) is 23.0. The molecule has 8 nitrogen and oxygen atoms in total. The van der Waals surface area contributed by atoms with E-state index in [1.54, 1.807) is 53.4 Å². The highest BCUT2D eigenvalue weighted by molar-refractivity contribution is 6.22. The standard InChI is InChI=1S/C27H27N3O5/c1-17-5-10-22-23(15-17)27(34)30(26(22)33)21-4-2-3-19(16-21)24(31)28-20-8-6-18(7-9-20)25(32)29-11-13-35-14-12-29/h2-9,16,22-23H,10-15H2,1H3,(H,28,31)/t22-,23+/m1/s1. The largest absolute Gasteiger partial charge is 0.378 e. The number of imide groups is 1. The molecule has 35 heavy (non-hydrogen) atoms. The lowest BCUT2D eigenvalue weighted by Crippen LogP contribution is -2.40. The molecule has 4 amide bonds. The van der Waals surface area contributed by atoms with Gasteiger partial charge in [-0.3, -0.25) is 24.1 Å². The van der Waals surface area contributed by atoms with Crippen LogP contribution in [0.5, 0.6) is 0 Å². The zero-order chi connectivity index (χ0) is 24.5. The van der Waals surface area contributed by atoms with Crippen molar-refractivity contribution in [3.63, 3.8) is 0 Å². The predicted molar refractivity (Wildman–Crippen MR) is 130 cm³/mol. The van der Waals surface area contributed by atoms with Gasteiger partial charge in [0.15, 0.2) is 0 Å². The Bertz CT molecular complexity index is 1210. The van der Waals surface area contributed by atoms with Crippen LogP contribution in [0.4, 0.5) is 11.4 Å². The third kappa shape index (κ3) is 4.49. The van der Waals surface area contributed by atoms with Crippen molar-refractivity contribution < 1.29 is 23.9 Å². The van der Waals surface area contributed by atoms with Crippen molar-refractivity contribution in [2.75, 3.05) is 36.5 Å². The van der Waals surface area contributed by atoms with Crippen molar-refractivity contribution in [2.45, 2.75) is 19.8 Å². The van der Waals surface area contributed by atoms with Crippen molar-refractivity contribution in [1.29, 1.82) is 0 Å². The van der Waals surface area contributed by atoms with Gasteiger partial charge < -0.3 is 15.0 Å². The molecule has 2 aromatic rings. The molecule has 2 aromatic carbocycles. The van der Waals surface area contributed by atoms with E-state index in [4.69, 9.17) is 4.74 Å². The lowest BCUT2D eigenvalue weighted by atomic mass is 9.82. The van der Waals surface area contributed by atoms with Crippen LogP contribution in [0, 0.1) is 11.8 Å². The maximum absolute atomic E-state index is 13.0. The summed E-state index contributed by atoms with van der Waals surface area (Å²) in [6.45, 7) is 4.17. The monoisotopic (exact) mass is 473 g/mol. The second-order valence-electron chi connectivity index (χ2n) is 9.20. The van der Waals surface area contributed by atoms with Crippen molar-refractivity contribution >= 4 is 35.0 Å². The van der Waals surface area contributed by atoms with Crippen LogP contribution in [-0.2, 0) is 14.3 Å². The summed E-state index contributed by atoms with van der Waals surface area (Å²) < 4.78 is 5.29. The van der Waals surface area contributed by atoms with E-state index in [9.17, 15) is 19.2 Å². The maximum Gasteiger partial charge on any atom is 0.255 e. The van der Waals surface area contributed by atoms with E-state index < -0.39 is 0 Å². The van der Waals surface area contributed by atoms with Gasteiger partial charge in [-0.15, -0.1) is 0 Å². The summed E-state index contributed by atoms with van der Waals surface area (Å²) in [7, 11) is 0. The quantitative estimate of drug-likeness (QED) is 0.543. The van der Waals surface area contributed by atoms with E-state index in [2.05, 4.69) is 5.32 Å². The highest BCUT2D eigenvalue weighted by Crippen LogP contribution is 2.39. The number of rotatable bonds is 4. The smallest absolute Gasteiger partial charge is 0.255 e. The lowest BCUT2D eigenvalue weighted by Gasteiger charge is -2.26. The summed E-state index contributed by atoms with van der Waals surface area (Å²) in [6.07, 6.45) is 3.19. The average molecular weight is 474 g/mol. The van der Waals surface area contributed by atoms with E-state index in [1.165, 1.54) is 4.90 Å². The Morgan fingerprint density at radius 1 is 0.943 bits per heavy atom. The highest BCUT2D eigenvalue weighted by atomic mass is 16.5. The number of ether oxygens (including phenoxy) is 1. The van der Waals surface area contributed by atoms with Crippen LogP contribution in [0.3, 0.4) is 0 Å². The number of fused-ring (bicyclic) bond motifs is 1. The summed E-state index contributed by atoms with van der Waals surface area (Å²) in [4.78, 5) is 54.5. The molecular weight excluding hydrogens is 446 g/mol. The van der Waals surface area contributed by atoms with Crippen molar-refractivity contribution in [2.24, 2.45) is 11.8 Å². The molecule has 2 heterocycles. The van der Waals surface area contributed by atoms with Gasteiger partial charge in [0.2, 0.25) is 11.8 Å². The normalized spacial score (nSPS) is 22.0. The summed E-state index contributed by atoms with van der Waals surface area (Å²) in [6, 6.07) is 13.3. The fourth-order valence-corrected chi connectivity index (χ4v) is 4.93. The molecule has 2 atom stereocenters. The minimum Gasteiger partial charge on any atom is -0.378 e. The molecule has 0 saturated carbocycles. The molecule has 0 bridgehead atoms. The number of hydrogen-bond acceptors (Lipinski definition) is 5. The fraction of sp³-hybridized carbons (Fsp3) is 0.333. The third-order valence-electron chi connectivity index (χ3n) is 6.88. The number of amides is 4. The Hall–Kier alpha value is -3.78. The maximum atomic E-state index is 13.0. The molecule has 2 saturated heterocycles. The van der Waals surface area contributed by atoms with Crippen LogP contribution in [0.15, 0.2) is 60.2 Å². The van der Waals surface area contributed by atoms with Crippen LogP contribution in [0.1, 0.15) is 40.5 Å². The van der Waals surface area contributed by atoms with Gasteiger partial charge in [-0.2, -0.15) is 0 Å². The molecular formula is C27H27N3O5. The predicted octanol–water partition coefficient (Wildman–Crippen LogP) is 3.26. The van der Waals surface area contributed by atoms with Gasteiger partial charge in [-0.1, -0.05) is 17.7 Å². The average Bonchev–Trinajstić information content (AvgIpc) is 3.13. The number of nitrogens with one attached hydrogen (secondary N) is 1. The third-order valence-corrected chi connectivity index (χ3v) is 6.88. The second-order valence-corrected chi connectivity index (χ2v) is 9.20. The zero-order valence-corrected chi connectivity index (χ0v) is 19.5. The lowest BCUT2D eigenvalue weighted by molar-refractivity contribution is -0.122. The number of carbonyl (C=O) groups excluding carboxylic acids is 4. The Morgan fingerprint density at radius 3 is 2.40 bits per heavy atom. The molecule has 180 valence electrons. The first-order valence-electron chi connectivity index (χ1n) is 11.8. The van der Waals surface area contributed by atoms with Gasteiger partial charge in [0, 0.05) is 29.9 Å². The molecule has 0 aromatic heterocycles. The molecule has 0 unspecified atom stereocenters. The van der Waals surface area contributed by atoms with Crippen molar-refractivity contribution in [1.82, 2.24) is 4.90 Å². The van der Waals surface area contributed by atoms with Gasteiger partial charge in [-0.05, 0) is 62.2 Å². The molecule has 1 aliphatic carbocycles. The van der Waals surface area contributed by atoms with Gasteiger partial charge in [-0.25, -0.2) is 0 Å². The topological polar surface area (TPSA) is 96.0 Å². The van der Waals surface area contributed by atoms with E-state index in [1.807, 2.05) is 13.0 Å². The van der Waals surface area contributed by atoms with Crippen LogP contribution < -0.4 is 10.2 Å². The highest BCUT2D eigenvalue weighted by Gasteiger charge is 2.48. The Balaban J connectivity index is 1.28. The number of nitrogens with zero attached hydrogens (tertiary/aromatic N) is 2. The van der Waals surface area contributed by atoms with Crippen LogP contribution >= 0.6 is 0 Å². The zero-order valence-electron chi connectivity index (χ0n) is 19.5. The van der Waals surface area contributed by atoms with E-state index in [0.717, 1.165) is 5.57 Å². The molecule has 2 aliphatic heterocycles. The number of benzene rings is 2. The van der Waals surface area contributed by atoms with Crippen LogP contribution in [-0.4, -0.2) is 54.8 Å². The van der Waals surface area contributed by atoms with Crippen molar-refractivity contribution in [3.05, 3.63) is 71.3 Å². The fourth-order valence-electron chi connectivity index (χ4n) is 4.93. The Labute approximate surface area is 203 Å². The SMILES string of the molecule is CC1=CC[C@H]2C(=O)N(c3cccc(C(=O)Nc4ccc(C(=O)N5CCOCC5)cc4)c3)C(=O)[C@H]2C1. The van der Waals surface area contributed by atoms with Gasteiger partial charge >= 0.3 is 0 Å². The molecule has 0 radical (unpaired) electrons. The molecule has 0 spiro atoms.